The molecule has 2 aliphatic rings. The summed E-state index contributed by atoms with van der Waals surface area (Å²) in [6, 6.07) is 12.8. The van der Waals surface area contributed by atoms with E-state index in [1.165, 1.54) is 0 Å². The molecule has 1 amide bonds. The van der Waals surface area contributed by atoms with Gasteiger partial charge in [-0.25, -0.2) is 12.9 Å². The zero-order valence-electron chi connectivity index (χ0n) is 19.9. The van der Waals surface area contributed by atoms with Crippen LogP contribution in [-0.4, -0.2) is 59.3 Å². The molecule has 3 aromatic rings. The molecule has 0 radical (unpaired) electrons. The summed E-state index contributed by atoms with van der Waals surface area (Å²) in [6.45, 7) is 6.71. The quantitative estimate of drug-likeness (QED) is 0.564. The van der Waals surface area contributed by atoms with Gasteiger partial charge in [0, 0.05) is 32.4 Å². The molecule has 0 unspecified atom stereocenters. The minimum Gasteiger partial charge on any atom is -0.339 e. The normalized spacial score (nSPS) is 19.1. The third kappa shape index (κ3) is 4.25. The molecule has 0 N–H and O–H groups in total. The zero-order chi connectivity index (χ0) is 23.9. The highest BCUT2D eigenvalue weighted by Gasteiger charge is 2.31. The molecular weight excluding hydrogens is 448 g/mol. The first-order chi connectivity index (χ1) is 16.3. The number of aryl methyl sites for hydroxylation is 1. The average molecular weight is 481 g/mol. The van der Waals surface area contributed by atoms with E-state index in [1.807, 2.05) is 24.1 Å². The van der Waals surface area contributed by atoms with E-state index in [2.05, 4.69) is 24.2 Å². The van der Waals surface area contributed by atoms with E-state index < -0.39 is 10.0 Å². The second-order valence-electron chi connectivity index (χ2n) is 9.72. The number of carbonyl (C=O) groups is 1. The van der Waals surface area contributed by atoms with Crippen LogP contribution in [0.4, 0.5) is 0 Å². The van der Waals surface area contributed by atoms with E-state index >= 15 is 0 Å². The third-order valence-corrected chi connectivity index (χ3v) is 9.34. The van der Waals surface area contributed by atoms with Gasteiger partial charge in [-0.1, -0.05) is 25.1 Å². The molecule has 34 heavy (non-hydrogen) atoms. The molecule has 7 nitrogen and oxygen atoms in total. The van der Waals surface area contributed by atoms with Crippen LogP contribution >= 0.6 is 0 Å². The van der Waals surface area contributed by atoms with Crippen molar-refractivity contribution in [1.29, 1.82) is 0 Å². The Morgan fingerprint density at radius 3 is 2.32 bits per heavy atom. The Bertz CT molecular complexity index is 1290. The van der Waals surface area contributed by atoms with E-state index in [0.29, 0.717) is 29.5 Å². The Morgan fingerprint density at radius 1 is 0.971 bits per heavy atom. The lowest BCUT2D eigenvalue weighted by molar-refractivity contribution is 0.0698. The number of rotatable bonds is 4. The first-order valence-corrected chi connectivity index (χ1v) is 13.6. The fourth-order valence-corrected chi connectivity index (χ4v) is 6.73. The molecule has 180 valence electrons. The lowest BCUT2D eigenvalue weighted by Crippen LogP contribution is -2.38. The minimum atomic E-state index is -3.46. The topological polar surface area (TPSA) is 75.0 Å². The smallest absolute Gasteiger partial charge is 0.257 e. The molecule has 0 bridgehead atoms. The largest absolute Gasteiger partial charge is 0.339 e. The SMILES string of the molecule is Cc1nn2ccc(C3CCN(S(=O)(=O)c4ccccc4)CC3)cc2c1C(=O)N1CCC(C)CC1. The van der Waals surface area contributed by atoms with E-state index in [9.17, 15) is 13.2 Å². The molecule has 0 saturated carbocycles. The highest BCUT2D eigenvalue weighted by molar-refractivity contribution is 7.89. The summed E-state index contributed by atoms with van der Waals surface area (Å²) in [5.74, 6) is 0.985. The van der Waals surface area contributed by atoms with Gasteiger partial charge in [-0.15, -0.1) is 0 Å². The van der Waals surface area contributed by atoms with Gasteiger partial charge in [0.2, 0.25) is 10.0 Å². The number of nitrogens with zero attached hydrogens (tertiary/aromatic N) is 4. The molecule has 2 fully saturated rings. The number of aromatic nitrogens is 2. The van der Waals surface area contributed by atoms with Gasteiger partial charge in [-0.2, -0.15) is 9.40 Å². The van der Waals surface area contributed by atoms with Crippen molar-refractivity contribution in [2.45, 2.75) is 50.3 Å². The summed E-state index contributed by atoms with van der Waals surface area (Å²) in [6.07, 6.45) is 5.52. The van der Waals surface area contributed by atoms with Gasteiger partial charge in [0.05, 0.1) is 21.7 Å². The molecule has 8 heteroatoms. The van der Waals surface area contributed by atoms with E-state index in [4.69, 9.17) is 0 Å². The number of hydrogen-bond acceptors (Lipinski definition) is 4. The van der Waals surface area contributed by atoms with Crippen LogP contribution in [0.3, 0.4) is 0 Å². The van der Waals surface area contributed by atoms with Crippen LogP contribution < -0.4 is 0 Å². The summed E-state index contributed by atoms with van der Waals surface area (Å²) in [4.78, 5) is 15.7. The summed E-state index contributed by atoms with van der Waals surface area (Å²) in [5.41, 5.74) is 3.44. The predicted octanol–water partition coefficient (Wildman–Crippen LogP) is 4.08. The van der Waals surface area contributed by atoms with Gasteiger partial charge in [0.15, 0.2) is 0 Å². The van der Waals surface area contributed by atoms with Crippen LogP contribution in [0.5, 0.6) is 0 Å². The van der Waals surface area contributed by atoms with Gasteiger partial charge in [0.1, 0.15) is 0 Å². The monoisotopic (exact) mass is 480 g/mol. The van der Waals surface area contributed by atoms with Gasteiger partial charge in [-0.3, -0.25) is 4.79 Å². The molecule has 2 saturated heterocycles. The first kappa shape index (κ1) is 23.1. The van der Waals surface area contributed by atoms with Crippen LogP contribution in [0.1, 0.15) is 60.1 Å². The maximum atomic E-state index is 13.4. The number of benzene rings is 1. The molecule has 5 rings (SSSR count). The number of amides is 1. The highest BCUT2D eigenvalue weighted by Crippen LogP contribution is 2.32. The molecule has 2 aromatic heterocycles. The predicted molar refractivity (Wildman–Crippen MR) is 131 cm³/mol. The number of likely N-dealkylation sites (tertiary alicyclic amines) is 1. The average Bonchev–Trinajstić information content (AvgIpc) is 3.19. The molecule has 0 aliphatic carbocycles. The molecule has 0 spiro atoms. The number of piperidine rings is 2. The fraction of sp³-hybridized carbons (Fsp3) is 0.462. The summed E-state index contributed by atoms with van der Waals surface area (Å²) < 4.78 is 29.3. The second kappa shape index (κ2) is 9.15. The number of sulfonamides is 1. The standard InChI is InChI=1S/C26H32N4O3S/c1-19-8-13-28(14-9-19)26(31)25-20(2)27-30-17-12-22(18-24(25)30)21-10-15-29(16-11-21)34(32,33)23-6-4-3-5-7-23/h3-7,12,17-19,21H,8-11,13-16H2,1-2H3. The van der Waals surface area contributed by atoms with Crippen molar-refractivity contribution in [3.05, 3.63) is 65.5 Å². The molecule has 4 heterocycles. The second-order valence-corrected chi connectivity index (χ2v) is 11.7. The summed E-state index contributed by atoms with van der Waals surface area (Å²) in [5, 5.41) is 4.59. The minimum absolute atomic E-state index is 0.0697. The van der Waals surface area contributed by atoms with Gasteiger partial charge in [0.25, 0.3) is 5.91 Å². The van der Waals surface area contributed by atoms with Crippen LogP contribution in [0.2, 0.25) is 0 Å². The van der Waals surface area contributed by atoms with Gasteiger partial charge < -0.3 is 4.90 Å². The Morgan fingerprint density at radius 2 is 1.65 bits per heavy atom. The lowest BCUT2D eigenvalue weighted by Gasteiger charge is -2.31. The van der Waals surface area contributed by atoms with Crippen LogP contribution in [0.15, 0.2) is 53.6 Å². The fourth-order valence-electron chi connectivity index (χ4n) is 5.24. The zero-order valence-corrected chi connectivity index (χ0v) is 20.7. The summed E-state index contributed by atoms with van der Waals surface area (Å²) in [7, 11) is -3.46. The highest BCUT2D eigenvalue weighted by atomic mass is 32.2. The molecular formula is C26H32N4O3S. The number of pyridine rings is 1. The van der Waals surface area contributed by atoms with Gasteiger partial charge in [-0.05, 0) is 74.3 Å². The first-order valence-electron chi connectivity index (χ1n) is 12.2. The van der Waals surface area contributed by atoms with Crippen molar-refractivity contribution in [2.75, 3.05) is 26.2 Å². The maximum absolute atomic E-state index is 13.4. The lowest BCUT2D eigenvalue weighted by atomic mass is 9.90. The van der Waals surface area contributed by atoms with Crippen molar-refractivity contribution in [3.63, 3.8) is 0 Å². The van der Waals surface area contributed by atoms with Crippen molar-refractivity contribution < 1.29 is 13.2 Å². The van der Waals surface area contributed by atoms with Crippen LogP contribution in [0, 0.1) is 12.8 Å². The molecule has 2 aliphatic heterocycles. The Balaban J connectivity index is 1.35. The number of fused-ring (bicyclic) bond motifs is 1. The Kier molecular flexibility index (Phi) is 6.20. The van der Waals surface area contributed by atoms with Crippen molar-refractivity contribution >= 4 is 21.4 Å². The van der Waals surface area contributed by atoms with E-state index in [0.717, 1.165) is 55.5 Å². The Hall–Kier alpha value is -2.71. The molecule has 1 aromatic carbocycles. The van der Waals surface area contributed by atoms with Crippen LogP contribution in [0.25, 0.3) is 5.52 Å². The third-order valence-electron chi connectivity index (χ3n) is 7.43. The molecule has 0 atom stereocenters. The van der Waals surface area contributed by atoms with E-state index in [1.54, 1.807) is 33.1 Å². The van der Waals surface area contributed by atoms with Gasteiger partial charge >= 0.3 is 0 Å². The van der Waals surface area contributed by atoms with Crippen molar-refractivity contribution in [3.8, 4) is 0 Å². The maximum Gasteiger partial charge on any atom is 0.257 e. The van der Waals surface area contributed by atoms with Crippen LogP contribution in [-0.2, 0) is 10.0 Å². The summed E-state index contributed by atoms with van der Waals surface area (Å²) >= 11 is 0. The van der Waals surface area contributed by atoms with Crippen molar-refractivity contribution in [1.82, 2.24) is 18.8 Å². The van der Waals surface area contributed by atoms with E-state index in [-0.39, 0.29) is 11.8 Å². The van der Waals surface area contributed by atoms with Crippen molar-refractivity contribution in [2.24, 2.45) is 5.92 Å². The Labute approximate surface area is 201 Å². The number of hydrogen-bond donors (Lipinski definition) is 0. The number of carbonyl (C=O) groups excluding carboxylic acids is 1.